The van der Waals surface area contributed by atoms with Gasteiger partial charge in [-0.25, -0.2) is 0 Å². The first kappa shape index (κ1) is 11.3. The van der Waals surface area contributed by atoms with Gasteiger partial charge in [0.15, 0.2) is 11.5 Å². The number of fused-ring (bicyclic) bond motifs is 1. The van der Waals surface area contributed by atoms with Crippen molar-refractivity contribution >= 4 is 5.91 Å². The minimum atomic E-state index is -0.643. The SMILES string of the molecule is NC1(C(=O)NCc2ccc3c(c2)OCO3)CCC1. The van der Waals surface area contributed by atoms with Gasteiger partial charge in [0.05, 0.1) is 5.54 Å². The van der Waals surface area contributed by atoms with E-state index in [1.807, 2.05) is 18.2 Å². The fourth-order valence-corrected chi connectivity index (χ4v) is 2.19. The maximum absolute atomic E-state index is 11.9. The number of ether oxygens (including phenoxy) is 2. The van der Waals surface area contributed by atoms with Crippen molar-refractivity contribution in [2.24, 2.45) is 5.73 Å². The van der Waals surface area contributed by atoms with Crippen molar-refractivity contribution in [3.63, 3.8) is 0 Å². The fourth-order valence-electron chi connectivity index (χ4n) is 2.19. The van der Waals surface area contributed by atoms with Crippen molar-refractivity contribution in [1.29, 1.82) is 0 Å². The molecule has 0 spiro atoms. The number of nitrogens with one attached hydrogen (secondary N) is 1. The van der Waals surface area contributed by atoms with E-state index in [2.05, 4.69) is 5.32 Å². The molecule has 0 bridgehead atoms. The van der Waals surface area contributed by atoms with Gasteiger partial charge >= 0.3 is 0 Å². The van der Waals surface area contributed by atoms with Crippen LogP contribution in [0.1, 0.15) is 24.8 Å². The Morgan fingerprint density at radius 3 is 2.83 bits per heavy atom. The monoisotopic (exact) mass is 248 g/mol. The van der Waals surface area contributed by atoms with E-state index in [-0.39, 0.29) is 12.7 Å². The van der Waals surface area contributed by atoms with Crippen LogP contribution in [0.25, 0.3) is 0 Å². The zero-order valence-corrected chi connectivity index (χ0v) is 10.1. The summed E-state index contributed by atoms with van der Waals surface area (Å²) in [7, 11) is 0. The minimum Gasteiger partial charge on any atom is -0.454 e. The summed E-state index contributed by atoms with van der Waals surface area (Å²) in [5.74, 6) is 1.42. The van der Waals surface area contributed by atoms with Crippen LogP contribution in [0.3, 0.4) is 0 Å². The summed E-state index contributed by atoms with van der Waals surface area (Å²) >= 11 is 0. The molecule has 1 amide bonds. The van der Waals surface area contributed by atoms with Gasteiger partial charge in [-0.3, -0.25) is 4.79 Å². The van der Waals surface area contributed by atoms with Crippen molar-refractivity contribution in [3.05, 3.63) is 23.8 Å². The summed E-state index contributed by atoms with van der Waals surface area (Å²) < 4.78 is 10.5. The molecule has 1 aromatic rings. The van der Waals surface area contributed by atoms with Gasteiger partial charge in [-0.2, -0.15) is 0 Å². The third-order valence-electron chi connectivity index (χ3n) is 3.59. The number of rotatable bonds is 3. The molecule has 5 heteroatoms. The Balaban J connectivity index is 1.61. The number of amides is 1. The number of nitrogens with two attached hydrogens (primary N) is 1. The van der Waals surface area contributed by atoms with Crippen LogP contribution in [0.2, 0.25) is 0 Å². The van der Waals surface area contributed by atoms with Gasteiger partial charge in [-0.1, -0.05) is 6.07 Å². The van der Waals surface area contributed by atoms with Gasteiger partial charge in [-0.05, 0) is 37.0 Å². The van der Waals surface area contributed by atoms with E-state index in [1.165, 1.54) is 0 Å². The highest BCUT2D eigenvalue weighted by atomic mass is 16.7. The van der Waals surface area contributed by atoms with Crippen molar-refractivity contribution in [3.8, 4) is 11.5 Å². The Kier molecular flexibility index (Phi) is 2.63. The molecule has 3 N–H and O–H groups in total. The fraction of sp³-hybridized carbons (Fsp3) is 0.462. The van der Waals surface area contributed by atoms with Gasteiger partial charge in [0.2, 0.25) is 12.7 Å². The summed E-state index contributed by atoms with van der Waals surface area (Å²) in [6.45, 7) is 0.728. The average molecular weight is 248 g/mol. The van der Waals surface area contributed by atoms with Gasteiger partial charge in [0.1, 0.15) is 0 Å². The van der Waals surface area contributed by atoms with Crippen LogP contribution in [0, 0.1) is 0 Å². The normalized spacial score (nSPS) is 19.2. The predicted molar refractivity (Wildman–Crippen MR) is 65.2 cm³/mol. The highest BCUT2D eigenvalue weighted by molar-refractivity contribution is 5.86. The Bertz CT molecular complexity index is 483. The molecule has 1 saturated carbocycles. The van der Waals surface area contributed by atoms with Crippen LogP contribution in [-0.2, 0) is 11.3 Å². The zero-order chi connectivity index (χ0) is 12.6. The summed E-state index contributed by atoms with van der Waals surface area (Å²) in [5.41, 5.74) is 6.28. The lowest BCUT2D eigenvalue weighted by Crippen LogP contribution is -2.58. The first-order valence-corrected chi connectivity index (χ1v) is 6.13. The van der Waals surface area contributed by atoms with Crippen molar-refractivity contribution in [2.75, 3.05) is 6.79 Å². The Morgan fingerprint density at radius 1 is 1.33 bits per heavy atom. The summed E-state index contributed by atoms with van der Waals surface area (Å²) in [4.78, 5) is 11.9. The zero-order valence-electron chi connectivity index (χ0n) is 10.1. The van der Waals surface area contributed by atoms with E-state index in [9.17, 15) is 4.79 Å². The molecule has 2 aliphatic rings. The van der Waals surface area contributed by atoms with Crippen LogP contribution < -0.4 is 20.5 Å². The molecule has 1 aromatic carbocycles. The highest BCUT2D eigenvalue weighted by Gasteiger charge is 2.39. The van der Waals surface area contributed by atoms with Crippen LogP contribution >= 0.6 is 0 Å². The van der Waals surface area contributed by atoms with E-state index in [0.717, 1.165) is 36.3 Å². The summed E-state index contributed by atoms with van der Waals surface area (Å²) in [6, 6.07) is 5.65. The third-order valence-corrected chi connectivity index (χ3v) is 3.59. The van der Waals surface area contributed by atoms with E-state index < -0.39 is 5.54 Å². The standard InChI is InChI=1S/C13H16N2O3/c14-13(4-1-5-13)12(16)15-7-9-2-3-10-11(6-9)18-8-17-10/h2-3,6H,1,4-5,7-8,14H2,(H,15,16). The number of hydrogen-bond donors (Lipinski definition) is 2. The Hall–Kier alpha value is -1.75. The van der Waals surface area contributed by atoms with Crippen LogP contribution in [0.5, 0.6) is 11.5 Å². The van der Waals surface area contributed by atoms with Crippen molar-refractivity contribution in [2.45, 2.75) is 31.3 Å². The lowest BCUT2D eigenvalue weighted by Gasteiger charge is -2.36. The maximum Gasteiger partial charge on any atom is 0.240 e. The molecule has 96 valence electrons. The number of hydrogen-bond acceptors (Lipinski definition) is 4. The second kappa shape index (κ2) is 4.17. The first-order chi connectivity index (χ1) is 8.67. The number of carbonyl (C=O) groups excluding carboxylic acids is 1. The number of carbonyl (C=O) groups is 1. The smallest absolute Gasteiger partial charge is 0.240 e. The topological polar surface area (TPSA) is 73.6 Å². The maximum atomic E-state index is 11.9. The molecule has 0 radical (unpaired) electrons. The van der Waals surface area contributed by atoms with E-state index in [0.29, 0.717) is 6.54 Å². The van der Waals surface area contributed by atoms with E-state index >= 15 is 0 Å². The van der Waals surface area contributed by atoms with Crippen LogP contribution in [-0.4, -0.2) is 18.2 Å². The summed E-state index contributed by atoms with van der Waals surface area (Å²) in [5, 5.41) is 2.87. The lowest BCUT2D eigenvalue weighted by molar-refractivity contribution is -0.129. The molecule has 1 fully saturated rings. The molecule has 1 aliphatic heterocycles. The molecule has 0 atom stereocenters. The molecule has 0 aromatic heterocycles. The van der Waals surface area contributed by atoms with Crippen molar-refractivity contribution in [1.82, 2.24) is 5.32 Å². The average Bonchev–Trinajstić information content (AvgIpc) is 2.80. The van der Waals surface area contributed by atoms with E-state index in [1.54, 1.807) is 0 Å². The van der Waals surface area contributed by atoms with Gasteiger partial charge in [0.25, 0.3) is 0 Å². The molecule has 1 heterocycles. The first-order valence-electron chi connectivity index (χ1n) is 6.13. The largest absolute Gasteiger partial charge is 0.454 e. The lowest BCUT2D eigenvalue weighted by atomic mass is 9.77. The van der Waals surface area contributed by atoms with Crippen molar-refractivity contribution < 1.29 is 14.3 Å². The minimum absolute atomic E-state index is 0.0635. The summed E-state index contributed by atoms with van der Waals surface area (Å²) in [6.07, 6.45) is 2.59. The quantitative estimate of drug-likeness (QED) is 0.834. The molecule has 1 aliphatic carbocycles. The molecule has 3 rings (SSSR count). The molecule has 18 heavy (non-hydrogen) atoms. The van der Waals surface area contributed by atoms with Gasteiger partial charge in [-0.15, -0.1) is 0 Å². The Labute approximate surface area is 105 Å². The Morgan fingerprint density at radius 2 is 2.11 bits per heavy atom. The predicted octanol–water partition coefficient (Wildman–Crippen LogP) is 0.913. The van der Waals surface area contributed by atoms with Crippen LogP contribution in [0.4, 0.5) is 0 Å². The molecule has 5 nitrogen and oxygen atoms in total. The second-order valence-corrected chi connectivity index (χ2v) is 4.88. The molecule has 0 unspecified atom stereocenters. The van der Waals surface area contributed by atoms with Crippen LogP contribution in [0.15, 0.2) is 18.2 Å². The molecular weight excluding hydrogens is 232 g/mol. The molecule has 0 saturated heterocycles. The van der Waals surface area contributed by atoms with E-state index in [4.69, 9.17) is 15.2 Å². The van der Waals surface area contributed by atoms with Gasteiger partial charge in [0, 0.05) is 6.54 Å². The highest BCUT2D eigenvalue weighted by Crippen LogP contribution is 2.33. The second-order valence-electron chi connectivity index (χ2n) is 4.88. The number of benzene rings is 1. The third kappa shape index (κ3) is 1.90. The van der Waals surface area contributed by atoms with Gasteiger partial charge < -0.3 is 20.5 Å². The molecular formula is C13H16N2O3.